The van der Waals surface area contributed by atoms with Crippen molar-refractivity contribution in [2.75, 3.05) is 0 Å². The summed E-state index contributed by atoms with van der Waals surface area (Å²) in [6.07, 6.45) is 0.337. The Morgan fingerprint density at radius 2 is 1.81 bits per heavy atom. The van der Waals surface area contributed by atoms with E-state index in [0.29, 0.717) is 6.42 Å². The highest BCUT2D eigenvalue weighted by molar-refractivity contribution is 5.29. The highest BCUT2D eigenvalue weighted by Gasteiger charge is 2.14. The molecule has 0 spiro atoms. The summed E-state index contributed by atoms with van der Waals surface area (Å²) in [5, 5.41) is 9.64. The minimum Gasteiger partial charge on any atom is -0.491 e. The summed E-state index contributed by atoms with van der Waals surface area (Å²) >= 11 is 0. The van der Waals surface area contributed by atoms with Crippen molar-refractivity contribution in [1.82, 2.24) is 0 Å². The Bertz CT molecular complexity index is 308. The predicted molar refractivity (Wildman–Crippen MR) is 65.4 cm³/mol. The average molecular weight is 223 g/mol. The van der Waals surface area contributed by atoms with Gasteiger partial charge in [-0.25, -0.2) is 0 Å². The summed E-state index contributed by atoms with van der Waals surface area (Å²) in [4.78, 5) is 0. The number of benzene rings is 1. The van der Waals surface area contributed by atoms with Crippen LogP contribution in [-0.4, -0.2) is 17.3 Å². The molecule has 0 aromatic heterocycles. The molecule has 3 N–H and O–H groups in total. The quantitative estimate of drug-likeness (QED) is 0.805. The summed E-state index contributed by atoms with van der Waals surface area (Å²) < 4.78 is 5.53. The van der Waals surface area contributed by atoms with Crippen LogP contribution < -0.4 is 10.5 Å². The Kier molecular flexibility index (Phi) is 4.77. The van der Waals surface area contributed by atoms with Crippen LogP contribution in [0.5, 0.6) is 5.75 Å². The minimum absolute atomic E-state index is 0.167. The topological polar surface area (TPSA) is 55.5 Å². The summed E-state index contributed by atoms with van der Waals surface area (Å²) in [5.41, 5.74) is 6.85. The molecule has 0 unspecified atom stereocenters. The van der Waals surface area contributed by atoms with E-state index < -0.39 is 6.10 Å². The van der Waals surface area contributed by atoms with Gasteiger partial charge < -0.3 is 15.6 Å². The molecule has 0 radical (unpaired) electrons. The summed E-state index contributed by atoms with van der Waals surface area (Å²) in [6.45, 7) is 5.89. The molecule has 90 valence electrons. The molecule has 2 atom stereocenters. The van der Waals surface area contributed by atoms with Crippen LogP contribution >= 0.6 is 0 Å². The molecule has 0 aliphatic heterocycles. The van der Waals surface area contributed by atoms with E-state index in [2.05, 4.69) is 0 Å². The van der Waals surface area contributed by atoms with Crippen LogP contribution in [0.1, 0.15) is 38.8 Å². The Morgan fingerprint density at radius 3 is 2.25 bits per heavy atom. The smallest absolute Gasteiger partial charge is 0.119 e. The van der Waals surface area contributed by atoms with Crippen LogP contribution in [-0.2, 0) is 0 Å². The van der Waals surface area contributed by atoms with Crippen molar-refractivity contribution in [3.8, 4) is 5.75 Å². The van der Waals surface area contributed by atoms with Crippen molar-refractivity contribution < 1.29 is 9.84 Å². The highest BCUT2D eigenvalue weighted by atomic mass is 16.5. The zero-order valence-electron chi connectivity index (χ0n) is 10.2. The van der Waals surface area contributed by atoms with Gasteiger partial charge in [-0.15, -0.1) is 0 Å². The monoisotopic (exact) mass is 223 g/mol. The molecule has 3 nitrogen and oxygen atoms in total. The maximum absolute atomic E-state index is 9.64. The molecule has 0 saturated heterocycles. The standard InChI is InChI=1S/C13H21NO2/c1-4-12(15)13(14)10-5-7-11(8-6-10)16-9(2)3/h5-9,12-13,15H,4,14H2,1-3H3/t12-,13+/m1/s1. The molecule has 1 rings (SSSR count). The third-order valence-electron chi connectivity index (χ3n) is 2.47. The van der Waals surface area contributed by atoms with Crippen LogP contribution in [0, 0.1) is 0 Å². The van der Waals surface area contributed by atoms with Gasteiger partial charge in [-0.3, -0.25) is 0 Å². The minimum atomic E-state index is -0.489. The first-order valence-electron chi connectivity index (χ1n) is 5.74. The van der Waals surface area contributed by atoms with Gasteiger partial charge in [-0.1, -0.05) is 19.1 Å². The lowest BCUT2D eigenvalue weighted by Crippen LogP contribution is -2.25. The molecule has 0 amide bonds. The van der Waals surface area contributed by atoms with Crippen LogP contribution in [0.25, 0.3) is 0 Å². The fourth-order valence-electron chi connectivity index (χ4n) is 1.52. The van der Waals surface area contributed by atoms with Crippen LogP contribution in [0.4, 0.5) is 0 Å². The van der Waals surface area contributed by atoms with E-state index in [-0.39, 0.29) is 12.1 Å². The number of aliphatic hydroxyl groups is 1. The van der Waals surface area contributed by atoms with Crippen molar-refractivity contribution in [3.63, 3.8) is 0 Å². The van der Waals surface area contributed by atoms with Crippen LogP contribution in [0.15, 0.2) is 24.3 Å². The molecule has 0 bridgehead atoms. The highest BCUT2D eigenvalue weighted by Crippen LogP contribution is 2.20. The molecular formula is C13H21NO2. The van der Waals surface area contributed by atoms with E-state index in [1.54, 1.807) is 0 Å². The van der Waals surface area contributed by atoms with Gasteiger partial charge in [0, 0.05) is 0 Å². The Labute approximate surface area is 97.2 Å². The first kappa shape index (κ1) is 13.0. The lowest BCUT2D eigenvalue weighted by Gasteiger charge is -2.18. The zero-order valence-corrected chi connectivity index (χ0v) is 10.2. The van der Waals surface area contributed by atoms with Gasteiger partial charge in [0.2, 0.25) is 0 Å². The van der Waals surface area contributed by atoms with Gasteiger partial charge in [0.1, 0.15) is 5.75 Å². The molecular weight excluding hydrogens is 202 g/mol. The normalized spacial score (nSPS) is 14.9. The summed E-state index contributed by atoms with van der Waals surface area (Å²) in [7, 11) is 0. The maximum atomic E-state index is 9.64. The van der Waals surface area contributed by atoms with Crippen molar-refractivity contribution >= 4 is 0 Å². The fraction of sp³-hybridized carbons (Fsp3) is 0.538. The molecule has 0 aliphatic rings. The van der Waals surface area contributed by atoms with Gasteiger partial charge in [0.25, 0.3) is 0 Å². The van der Waals surface area contributed by atoms with Crippen LogP contribution in [0.2, 0.25) is 0 Å². The van der Waals surface area contributed by atoms with Crippen molar-refractivity contribution in [1.29, 1.82) is 0 Å². The molecule has 0 aliphatic carbocycles. The average Bonchev–Trinajstić information content (AvgIpc) is 2.27. The SMILES string of the molecule is CC[C@@H](O)[C@@H](N)c1ccc(OC(C)C)cc1. The van der Waals surface area contributed by atoms with Gasteiger partial charge >= 0.3 is 0 Å². The fourth-order valence-corrected chi connectivity index (χ4v) is 1.52. The number of nitrogens with two attached hydrogens (primary N) is 1. The second kappa shape index (κ2) is 5.87. The van der Waals surface area contributed by atoms with E-state index in [1.165, 1.54) is 0 Å². The molecule has 16 heavy (non-hydrogen) atoms. The second-order valence-electron chi connectivity index (χ2n) is 4.24. The van der Waals surface area contributed by atoms with E-state index in [9.17, 15) is 5.11 Å². The first-order valence-corrected chi connectivity index (χ1v) is 5.74. The molecule has 3 heteroatoms. The lowest BCUT2D eigenvalue weighted by molar-refractivity contribution is 0.140. The number of aliphatic hydroxyl groups excluding tert-OH is 1. The van der Waals surface area contributed by atoms with Gasteiger partial charge in [0.15, 0.2) is 0 Å². The molecule has 0 fully saturated rings. The molecule has 1 aromatic rings. The van der Waals surface area contributed by atoms with Crippen molar-refractivity contribution in [3.05, 3.63) is 29.8 Å². The van der Waals surface area contributed by atoms with E-state index in [4.69, 9.17) is 10.5 Å². The lowest BCUT2D eigenvalue weighted by atomic mass is 10.0. The molecule has 0 saturated carbocycles. The number of rotatable bonds is 5. The number of hydrogen-bond donors (Lipinski definition) is 2. The predicted octanol–water partition coefficient (Wildman–Crippen LogP) is 2.24. The first-order chi connectivity index (χ1) is 7.54. The van der Waals surface area contributed by atoms with Gasteiger partial charge in [0.05, 0.1) is 18.2 Å². The summed E-state index contributed by atoms with van der Waals surface area (Å²) in [5.74, 6) is 0.830. The number of ether oxygens (including phenoxy) is 1. The summed E-state index contributed by atoms with van der Waals surface area (Å²) in [6, 6.07) is 7.26. The van der Waals surface area contributed by atoms with Crippen LogP contribution in [0.3, 0.4) is 0 Å². The Hall–Kier alpha value is -1.06. The third kappa shape index (κ3) is 3.51. The molecule has 0 heterocycles. The van der Waals surface area contributed by atoms with Crippen molar-refractivity contribution in [2.45, 2.75) is 45.4 Å². The van der Waals surface area contributed by atoms with E-state index in [0.717, 1.165) is 11.3 Å². The number of hydrogen-bond acceptors (Lipinski definition) is 3. The van der Waals surface area contributed by atoms with Gasteiger partial charge in [-0.05, 0) is 38.0 Å². The Balaban J connectivity index is 2.70. The Morgan fingerprint density at radius 1 is 1.25 bits per heavy atom. The largest absolute Gasteiger partial charge is 0.491 e. The molecule has 1 aromatic carbocycles. The zero-order chi connectivity index (χ0) is 12.1. The maximum Gasteiger partial charge on any atom is 0.119 e. The van der Waals surface area contributed by atoms with E-state index >= 15 is 0 Å². The second-order valence-corrected chi connectivity index (χ2v) is 4.24. The van der Waals surface area contributed by atoms with E-state index in [1.807, 2.05) is 45.0 Å². The third-order valence-corrected chi connectivity index (χ3v) is 2.47. The van der Waals surface area contributed by atoms with Gasteiger partial charge in [-0.2, -0.15) is 0 Å². The van der Waals surface area contributed by atoms with Crippen molar-refractivity contribution in [2.24, 2.45) is 5.73 Å².